The number of amides is 1. The van der Waals surface area contributed by atoms with Crippen LogP contribution >= 0.6 is 0 Å². The molecule has 1 aliphatic heterocycles. The maximum atomic E-state index is 11.1. The van der Waals surface area contributed by atoms with Gasteiger partial charge in [0.05, 0.1) is 19.3 Å². The van der Waals surface area contributed by atoms with Crippen molar-refractivity contribution in [2.24, 2.45) is 5.41 Å². The van der Waals surface area contributed by atoms with E-state index in [1.54, 1.807) is 12.1 Å². The summed E-state index contributed by atoms with van der Waals surface area (Å²) in [6.45, 7) is 7.18. The Labute approximate surface area is 130 Å². The van der Waals surface area contributed by atoms with Crippen LogP contribution < -0.4 is 15.8 Å². The lowest BCUT2D eigenvalue weighted by Crippen LogP contribution is -2.36. The van der Waals surface area contributed by atoms with Gasteiger partial charge in [-0.15, -0.1) is 0 Å². The number of carbonyl (C=O) groups is 1. The zero-order valence-electron chi connectivity index (χ0n) is 13.3. The van der Waals surface area contributed by atoms with Crippen molar-refractivity contribution < 1.29 is 19.4 Å². The standard InChI is InChI=1S/C16H24N2O4/c1-16(2,3)14(18-15(19)20)12-8-10(4-5-13(12)17)22-11-6-7-21-9-11/h4-5,8,11,14,18H,6-7,9,17H2,1-3H3,(H,19,20). The Morgan fingerprint density at radius 2 is 2.23 bits per heavy atom. The quantitative estimate of drug-likeness (QED) is 0.744. The van der Waals surface area contributed by atoms with Gasteiger partial charge in [0, 0.05) is 17.7 Å². The summed E-state index contributed by atoms with van der Waals surface area (Å²) < 4.78 is 11.2. The smallest absolute Gasteiger partial charge is 0.405 e. The van der Waals surface area contributed by atoms with Gasteiger partial charge in [-0.2, -0.15) is 0 Å². The molecule has 1 heterocycles. The third kappa shape index (κ3) is 4.04. The van der Waals surface area contributed by atoms with E-state index < -0.39 is 12.1 Å². The minimum Gasteiger partial charge on any atom is -0.488 e. The number of nitrogens with one attached hydrogen (secondary N) is 1. The van der Waals surface area contributed by atoms with Crippen molar-refractivity contribution >= 4 is 11.8 Å². The van der Waals surface area contributed by atoms with Crippen LogP contribution in [0.3, 0.4) is 0 Å². The van der Waals surface area contributed by atoms with E-state index in [9.17, 15) is 4.79 Å². The van der Waals surface area contributed by atoms with Gasteiger partial charge >= 0.3 is 6.09 Å². The monoisotopic (exact) mass is 308 g/mol. The first-order valence-electron chi connectivity index (χ1n) is 7.40. The van der Waals surface area contributed by atoms with E-state index in [1.807, 2.05) is 26.8 Å². The Morgan fingerprint density at radius 1 is 1.50 bits per heavy atom. The molecule has 0 aromatic heterocycles. The van der Waals surface area contributed by atoms with E-state index in [0.717, 1.165) is 12.0 Å². The molecule has 1 fully saturated rings. The van der Waals surface area contributed by atoms with Gasteiger partial charge in [-0.1, -0.05) is 20.8 Å². The molecule has 0 bridgehead atoms. The average Bonchev–Trinajstić information content (AvgIpc) is 2.90. The highest BCUT2D eigenvalue weighted by molar-refractivity contribution is 5.66. The molecule has 4 N–H and O–H groups in total. The minimum atomic E-state index is -1.07. The first-order valence-corrected chi connectivity index (χ1v) is 7.40. The fourth-order valence-corrected chi connectivity index (χ4v) is 2.56. The molecule has 22 heavy (non-hydrogen) atoms. The molecular formula is C16H24N2O4. The van der Waals surface area contributed by atoms with E-state index in [0.29, 0.717) is 24.7 Å². The third-order valence-corrected chi connectivity index (χ3v) is 3.69. The highest BCUT2D eigenvalue weighted by Gasteiger charge is 2.30. The van der Waals surface area contributed by atoms with Crippen molar-refractivity contribution in [1.29, 1.82) is 0 Å². The minimum absolute atomic E-state index is 0.0389. The van der Waals surface area contributed by atoms with E-state index in [-0.39, 0.29) is 11.5 Å². The maximum absolute atomic E-state index is 11.1. The molecule has 2 unspecified atom stereocenters. The molecule has 0 aliphatic carbocycles. The molecule has 2 atom stereocenters. The summed E-state index contributed by atoms with van der Waals surface area (Å²) in [6.07, 6.45) is -0.178. The molecule has 1 saturated heterocycles. The molecule has 0 saturated carbocycles. The Hall–Kier alpha value is -1.95. The summed E-state index contributed by atoms with van der Waals surface area (Å²) in [7, 11) is 0. The molecular weight excluding hydrogens is 284 g/mol. The van der Waals surface area contributed by atoms with Crippen LogP contribution in [-0.4, -0.2) is 30.5 Å². The van der Waals surface area contributed by atoms with Crippen LogP contribution in [-0.2, 0) is 4.74 Å². The molecule has 1 aromatic rings. The molecule has 6 heteroatoms. The Morgan fingerprint density at radius 3 is 2.77 bits per heavy atom. The molecule has 1 aliphatic rings. The van der Waals surface area contributed by atoms with Crippen molar-refractivity contribution in [2.75, 3.05) is 18.9 Å². The number of anilines is 1. The van der Waals surface area contributed by atoms with Gasteiger partial charge in [0.2, 0.25) is 0 Å². The van der Waals surface area contributed by atoms with Crippen LogP contribution in [0, 0.1) is 5.41 Å². The zero-order valence-corrected chi connectivity index (χ0v) is 13.3. The van der Waals surface area contributed by atoms with Crippen LogP contribution in [0.4, 0.5) is 10.5 Å². The highest BCUT2D eigenvalue weighted by Crippen LogP contribution is 2.37. The predicted molar refractivity (Wildman–Crippen MR) is 84.1 cm³/mol. The van der Waals surface area contributed by atoms with Crippen LogP contribution in [0.2, 0.25) is 0 Å². The van der Waals surface area contributed by atoms with Crippen molar-refractivity contribution in [3.8, 4) is 5.75 Å². The summed E-state index contributed by atoms with van der Waals surface area (Å²) in [4.78, 5) is 11.1. The number of benzene rings is 1. The summed E-state index contributed by atoms with van der Waals surface area (Å²) in [5.74, 6) is 0.682. The summed E-state index contributed by atoms with van der Waals surface area (Å²) >= 11 is 0. The second-order valence-corrected chi connectivity index (χ2v) is 6.64. The van der Waals surface area contributed by atoms with E-state index in [4.69, 9.17) is 20.3 Å². The fourth-order valence-electron chi connectivity index (χ4n) is 2.56. The molecule has 0 spiro atoms. The first kappa shape index (κ1) is 16.4. The molecule has 1 amide bonds. The van der Waals surface area contributed by atoms with Gasteiger partial charge < -0.3 is 25.6 Å². The van der Waals surface area contributed by atoms with Crippen LogP contribution in [0.15, 0.2) is 18.2 Å². The predicted octanol–water partition coefficient (Wildman–Crippen LogP) is 2.79. The number of hydrogen-bond donors (Lipinski definition) is 3. The molecule has 122 valence electrons. The molecule has 1 aromatic carbocycles. The number of nitrogens with two attached hydrogens (primary N) is 1. The topological polar surface area (TPSA) is 93.8 Å². The average molecular weight is 308 g/mol. The Bertz CT molecular complexity index is 533. The largest absolute Gasteiger partial charge is 0.488 e. The lowest BCUT2D eigenvalue weighted by molar-refractivity contribution is 0.141. The lowest BCUT2D eigenvalue weighted by Gasteiger charge is -2.32. The van der Waals surface area contributed by atoms with E-state index >= 15 is 0 Å². The van der Waals surface area contributed by atoms with Gasteiger partial charge in [-0.05, 0) is 23.6 Å². The maximum Gasteiger partial charge on any atom is 0.405 e. The van der Waals surface area contributed by atoms with Crippen molar-refractivity contribution in [2.45, 2.75) is 39.3 Å². The van der Waals surface area contributed by atoms with Gasteiger partial charge in [-0.3, -0.25) is 0 Å². The SMILES string of the molecule is CC(C)(C)C(NC(=O)O)c1cc(OC2CCOC2)ccc1N. The Balaban J connectivity index is 2.28. The fraction of sp³-hybridized carbons (Fsp3) is 0.562. The number of rotatable bonds is 4. The summed E-state index contributed by atoms with van der Waals surface area (Å²) in [5.41, 5.74) is 7.01. The summed E-state index contributed by atoms with van der Waals surface area (Å²) in [5, 5.41) is 11.7. The normalized spacial score (nSPS) is 19.7. The molecule has 2 rings (SSSR count). The second-order valence-electron chi connectivity index (χ2n) is 6.64. The molecule has 0 radical (unpaired) electrons. The number of carboxylic acid groups (broad SMARTS) is 1. The number of hydrogen-bond acceptors (Lipinski definition) is 4. The number of ether oxygens (including phenoxy) is 2. The van der Waals surface area contributed by atoms with Crippen molar-refractivity contribution in [3.05, 3.63) is 23.8 Å². The summed E-state index contributed by atoms with van der Waals surface area (Å²) in [6, 6.07) is 4.95. The van der Waals surface area contributed by atoms with Crippen molar-refractivity contribution in [3.63, 3.8) is 0 Å². The van der Waals surface area contributed by atoms with Gasteiger partial charge in [0.25, 0.3) is 0 Å². The van der Waals surface area contributed by atoms with Gasteiger partial charge in [0.15, 0.2) is 0 Å². The first-order chi connectivity index (χ1) is 10.3. The Kier molecular flexibility index (Phi) is 4.81. The zero-order chi connectivity index (χ0) is 16.3. The third-order valence-electron chi connectivity index (χ3n) is 3.69. The van der Waals surface area contributed by atoms with Gasteiger partial charge in [-0.25, -0.2) is 4.79 Å². The van der Waals surface area contributed by atoms with Crippen LogP contribution in [0.25, 0.3) is 0 Å². The van der Waals surface area contributed by atoms with E-state index in [2.05, 4.69) is 5.32 Å². The lowest BCUT2D eigenvalue weighted by atomic mass is 9.81. The van der Waals surface area contributed by atoms with E-state index in [1.165, 1.54) is 0 Å². The second kappa shape index (κ2) is 6.44. The highest BCUT2D eigenvalue weighted by atomic mass is 16.5. The number of nitrogen functional groups attached to an aromatic ring is 1. The van der Waals surface area contributed by atoms with Gasteiger partial charge in [0.1, 0.15) is 11.9 Å². The van der Waals surface area contributed by atoms with Crippen molar-refractivity contribution in [1.82, 2.24) is 5.32 Å². The molecule has 6 nitrogen and oxygen atoms in total. The van der Waals surface area contributed by atoms with Crippen LogP contribution in [0.5, 0.6) is 5.75 Å². The van der Waals surface area contributed by atoms with Crippen LogP contribution in [0.1, 0.15) is 38.8 Å².